The third-order valence-corrected chi connectivity index (χ3v) is 4.97. The Balaban J connectivity index is 1.31. The van der Waals surface area contributed by atoms with E-state index < -0.39 is 0 Å². The van der Waals surface area contributed by atoms with Crippen LogP contribution >= 0.6 is 0 Å². The SMILES string of the molecule is O=C(c1ccnnc1)N1CC2(C1)OCCC2COCc1ccncc1. The summed E-state index contributed by atoms with van der Waals surface area (Å²) in [4.78, 5) is 18.2. The third-order valence-electron chi connectivity index (χ3n) is 4.97. The van der Waals surface area contributed by atoms with Crippen LogP contribution in [0.25, 0.3) is 0 Å². The molecule has 2 aliphatic rings. The van der Waals surface area contributed by atoms with Crippen LogP contribution in [-0.4, -0.2) is 57.9 Å². The number of hydrogen-bond acceptors (Lipinski definition) is 6. The second-order valence-electron chi connectivity index (χ2n) is 6.56. The lowest BCUT2D eigenvalue weighted by Crippen LogP contribution is -2.66. The summed E-state index contributed by atoms with van der Waals surface area (Å²) in [6.07, 6.45) is 7.53. The Labute approximate surface area is 146 Å². The van der Waals surface area contributed by atoms with Crippen LogP contribution in [0.15, 0.2) is 43.0 Å². The van der Waals surface area contributed by atoms with Crippen molar-refractivity contribution in [2.75, 3.05) is 26.3 Å². The van der Waals surface area contributed by atoms with Gasteiger partial charge in [0.1, 0.15) is 5.60 Å². The molecule has 2 aliphatic heterocycles. The molecule has 2 aromatic rings. The van der Waals surface area contributed by atoms with Crippen LogP contribution in [0.5, 0.6) is 0 Å². The topological polar surface area (TPSA) is 77.4 Å². The Bertz CT molecular complexity index is 720. The average molecular weight is 340 g/mol. The number of carbonyl (C=O) groups is 1. The molecule has 7 heteroatoms. The molecule has 0 aromatic carbocycles. The van der Waals surface area contributed by atoms with E-state index in [0.29, 0.717) is 37.8 Å². The Kier molecular flexibility index (Phi) is 4.42. The van der Waals surface area contributed by atoms with Crippen molar-refractivity contribution in [1.29, 1.82) is 0 Å². The van der Waals surface area contributed by atoms with E-state index in [9.17, 15) is 4.79 Å². The molecule has 2 aromatic heterocycles. The standard InChI is InChI=1S/C18H20N4O3/c23-17(15-3-7-20-21-9-15)22-12-18(13-22)16(4-8-25-18)11-24-10-14-1-5-19-6-2-14/h1-3,5-7,9,16H,4,8,10-13H2. The fraction of sp³-hybridized carbons (Fsp3) is 0.444. The van der Waals surface area contributed by atoms with Gasteiger partial charge in [-0.15, -0.1) is 0 Å². The maximum Gasteiger partial charge on any atom is 0.255 e. The van der Waals surface area contributed by atoms with Crippen LogP contribution in [-0.2, 0) is 16.1 Å². The van der Waals surface area contributed by atoms with Crippen molar-refractivity contribution in [3.05, 3.63) is 54.1 Å². The highest BCUT2D eigenvalue weighted by Gasteiger charge is 2.54. The van der Waals surface area contributed by atoms with Crippen LogP contribution in [0.3, 0.4) is 0 Å². The molecule has 0 bridgehead atoms. The fourth-order valence-electron chi connectivity index (χ4n) is 3.51. The highest BCUT2D eigenvalue weighted by Crippen LogP contribution is 2.40. The third kappa shape index (κ3) is 3.25. The summed E-state index contributed by atoms with van der Waals surface area (Å²) in [5.74, 6) is 0.293. The van der Waals surface area contributed by atoms with Gasteiger partial charge in [-0.3, -0.25) is 9.78 Å². The molecule has 0 N–H and O–H groups in total. The van der Waals surface area contributed by atoms with Crippen molar-refractivity contribution in [3.63, 3.8) is 0 Å². The lowest BCUT2D eigenvalue weighted by molar-refractivity contribution is -0.129. The van der Waals surface area contributed by atoms with Gasteiger partial charge in [0.15, 0.2) is 0 Å². The number of aromatic nitrogens is 3. The first-order valence-corrected chi connectivity index (χ1v) is 8.43. The van der Waals surface area contributed by atoms with Gasteiger partial charge in [0.2, 0.25) is 0 Å². The van der Waals surface area contributed by atoms with Crippen LogP contribution in [0, 0.1) is 5.92 Å². The maximum atomic E-state index is 12.4. The molecular weight excluding hydrogens is 320 g/mol. The molecular formula is C18H20N4O3. The smallest absolute Gasteiger partial charge is 0.255 e. The van der Waals surface area contributed by atoms with Gasteiger partial charge in [-0.2, -0.15) is 10.2 Å². The number of hydrogen-bond donors (Lipinski definition) is 0. The zero-order chi connectivity index (χ0) is 17.1. The van der Waals surface area contributed by atoms with Gasteiger partial charge < -0.3 is 14.4 Å². The highest BCUT2D eigenvalue weighted by molar-refractivity contribution is 5.94. The minimum Gasteiger partial charge on any atom is -0.376 e. The van der Waals surface area contributed by atoms with Crippen LogP contribution in [0.1, 0.15) is 22.3 Å². The normalized spacial score (nSPS) is 21.3. The predicted octanol–water partition coefficient (Wildman–Crippen LogP) is 1.32. The maximum absolute atomic E-state index is 12.4. The van der Waals surface area contributed by atoms with E-state index in [0.717, 1.165) is 18.6 Å². The number of rotatable bonds is 5. The zero-order valence-corrected chi connectivity index (χ0v) is 13.9. The fourth-order valence-corrected chi connectivity index (χ4v) is 3.51. The van der Waals surface area contributed by atoms with Crippen molar-refractivity contribution >= 4 is 5.91 Å². The number of ether oxygens (including phenoxy) is 2. The molecule has 0 saturated carbocycles. The van der Waals surface area contributed by atoms with Crippen molar-refractivity contribution in [2.45, 2.75) is 18.6 Å². The first kappa shape index (κ1) is 16.1. The van der Waals surface area contributed by atoms with Gasteiger partial charge in [-0.25, -0.2) is 0 Å². The Morgan fingerprint density at radius 1 is 1.24 bits per heavy atom. The van der Waals surface area contributed by atoms with E-state index in [1.807, 2.05) is 12.1 Å². The monoisotopic (exact) mass is 340 g/mol. The number of carbonyl (C=O) groups excluding carboxylic acids is 1. The van der Waals surface area contributed by atoms with Crippen LogP contribution < -0.4 is 0 Å². The number of amides is 1. The van der Waals surface area contributed by atoms with Gasteiger partial charge in [-0.1, -0.05) is 0 Å². The van der Waals surface area contributed by atoms with E-state index in [1.54, 1.807) is 23.4 Å². The zero-order valence-electron chi connectivity index (χ0n) is 13.9. The van der Waals surface area contributed by atoms with E-state index in [4.69, 9.17) is 9.47 Å². The quantitative estimate of drug-likeness (QED) is 0.817. The lowest BCUT2D eigenvalue weighted by Gasteiger charge is -2.50. The molecule has 1 atom stereocenters. The van der Waals surface area contributed by atoms with Gasteiger partial charge in [0.25, 0.3) is 5.91 Å². The van der Waals surface area contributed by atoms with Crippen LogP contribution in [0.4, 0.5) is 0 Å². The Morgan fingerprint density at radius 2 is 2.08 bits per heavy atom. The average Bonchev–Trinajstić information content (AvgIpc) is 3.05. The summed E-state index contributed by atoms with van der Waals surface area (Å²) in [6, 6.07) is 5.59. The van der Waals surface area contributed by atoms with Crippen molar-refractivity contribution in [2.24, 2.45) is 5.92 Å². The number of likely N-dealkylation sites (tertiary alicyclic amines) is 1. The summed E-state index contributed by atoms with van der Waals surface area (Å²) in [5.41, 5.74) is 1.42. The van der Waals surface area contributed by atoms with Gasteiger partial charge in [0.05, 0.1) is 44.3 Å². The second-order valence-corrected chi connectivity index (χ2v) is 6.56. The van der Waals surface area contributed by atoms with E-state index in [1.165, 1.54) is 12.4 Å². The van der Waals surface area contributed by atoms with Crippen molar-refractivity contribution in [1.82, 2.24) is 20.1 Å². The van der Waals surface area contributed by atoms with Gasteiger partial charge in [-0.05, 0) is 30.2 Å². The molecule has 1 spiro atoms. The van der Waals surface area contributed by atoms with E-state index in [2.05, 4.69) is 15.2 Å². The molecule has 1 unspecified atom stereocenters. The molecule has 0 radical (unpaired) electrons. The summed E-state index contributed by atoms with van der Waals surface area (Å²) >= 11 is 0. The lowest BCUT2D eigenvalue weighted by atomic mass is 9.81. The highest BCUT2D eigenvalue weighted by atomic mass is 16.5. The molecule has 0 aliphatic carbocycles. The van der Waals surface area contributed by atoms with Crippen molar-refractivity contribution in [3.8, 4) is 0 Å². The minimum absolute atomic E-state index is 0.0209. The molecule has 130 valence electrons. The first-order valence-electron chi connectivity index (χ1n) is 8.43. The van der Waals surface area contributed by atoms with Gasteiger partial charge >= 0.3 is 0 Å². The molecule has 25 heavy (non-hydrogen) atoms. The molecule has 7 nitrogen and oxygen atoms in total. The number of nitrogens with zero attached hydrogens (tertiary/aromatic N) is 4. The summed E-state index contributed by atoms with van der Waals surface area (Å²) < 4.78 is 11.9. The molecule has 4 heterocycles. The molecule has 2 saturated heterocycles. The van der Waals surface area contributed by atoms with Gasteiger partial charge in [0, 0.05) is 24.9 Å². The van der Waals surface area contributed by atoms with E-state index >= 15 is 0 Å². The predicted molar refractivity (Wildman–Crippen MR) is 88.6 cm³/mol. The van der Waals surface area contributed by atoms with Crippen molar-refractivity contribution < 1.29 is 14.3 Å². The molecule has 4 rings (SSSR count). The van der Waals surface area contributed by atoms with Crippen LogP contribution in [0.2, 0.25) is 0 Å². The summed E-state index contributed by atoms with van der Waals surface area (Å²) in [6.45, 7) is 3.15. The minimum atomic E-state index is -0.256. The van der Waals surface area contributed by atoms with E-state index in [-0.39, 0.29) is 11.5 Å². The Hall–Kier alpha value is -2.38. The first-order chi connectivity index (χ1) is 12.3. The Morgan fingerprint density at radius 3 is 2.84 bits per heavy atom. The second kappa shape index (κ2) is 6.85. The molecule has 2 fully saturated rings. The largest absolute Gasteiger partial charge is 0.376 e. The summed E-state index contributed by atoms with van der Waals surface area (Å²) in [7, 11) is 0. The summed E-state index contributed by atoms with van der Waals surface area (Å²) in [5, 5.41) is 7.47. The number of pyridine rings is 1. The molecule has 1 amide bonds.